The molecule has 0 atom stereocenters. The van der Waals surface area contributed by atoms with Gasteiger partial charge in [-0.15, -0.1) is 0 Å². The van der Waals surface area contributed by atoms with Gasteiger partial charge in [-0.1, -0.05) is 30.3 Å². The van der Waals surface area contributed by atoms with Crippen LogP contribution >= 0.6 is 0 Å². The van der Waals surface area contributed by atoms with Crippen LogP contribution in [0.25, 0.3) is 22.0 Å². The largest absolute Gasteiger partial charge is 1.00 e. The number of ketones is 1. The minimum Gasteiger partial charge on any atom is -0.744 e. The third kappa shape index (κ3) is 8.43. The summed E-state index contributed by atoms with van der Waals surface area (Å²) in [6.45, 7) is 3.33. The van der Waals surface area contributed by atoms with Crippen molar-refractivity contribution < 1.29 is 94.6 Å². The Morgan fingerprint density at radius 2 is 1.31 bits per heavy atom. The van der Waals surface area contributed by atoms with E-state index in [9.17, 15) is 35.5 Å². The molecule has 0 amide bonds. The van der Waals surface area contributed by atoms with Gasteiger partial charge in [0.2, 0.25) is 17.8 Å². The molecule has 1 fully saturated rings. The van der Waals surface area contributed by atoms with Crippen LogP contribution in [0, 0.1) is 6.92 Å². The number of ether oxygens (including phenoxy) is 1. The number of rotatable bonds is 9. The number of hydrogen-bond donors (Lipinski definition) is 3. The van der Waals surface area contributed by atoms with Crippen LogP contribution in [0.5, 0.6) is 0 Å². The summed E-state index contributed by atoms with van der Waals surface area (Å²) in [4.78, 5) is 41.1. The number of carbonyl (C=O) groups excluding carboxylic acids is 1. The minimum atomic E-state index is -5.07. The number of morpholine rings is 1. The van der Waals surface area contributed by atoms with E-state index in [-0.39, 0.29) is 117 Å². The van der Waals surface area contributed by atoms with E-state index in [4.69, 9.17) is 4.74 Å². The van der Waals surface area contributed by atoms with E-state index in [0.29, 0.717) is 59.5 Å². The maximum Gasteiger partial charge on any atom is 1.00 e. The molecule has 6 aromatic rings. The second kappa shape index (κ2) is 16.8. The molecule has 3 heterocycles. The van der Waals surface area contributed by atoms with Crippen LogP contribution in [0.3, 0.4) is 0 Å². The summed E-state index contributed by atoms with van der Waals surface area (Å²) in [5.74, 6) is -0.368. The number of fused-ring (bicyclic) bond motifs is 2. The number of benzene rings is 4. The zero-order valence-corrected chi connectivity index (χ0v) is 37.2. The average Bonchev–Trinajstić information content (AvgIpc) is 3.15. The van der Waals surface area contributed by atoms with Crippen LogP contribution in [0.4, 0.5) is 40.6 Å². The standard InChI is InChI=1S/C37H32N8O9S2.2Na/c1-20-7-11-29(55(48,49)50)26(17-20)40-36-41-35(42-37(43-36)45-13-15-54-16-14-45)38-21-8-12-30(56(51,52)53)27(18-21)39-25-9-10-28-32-24(19-31(46)44(28)2)22-5-3-4-6-23(22)34(47)33(25)32;;/h3-12,17-19,39H,13-16H2,1-2H3,(H,48,49,50)(H,51,52,53)(H2,38,40,41,42,43);;/q;2*+1/p-2. The molecule has 8 rings (SSSR count). The first-order chi connectivity index (χ1) is 26.7. The maximum absolute atomic E-state index is 14.1. The Morgan fingerprint density at radius 3 is 1.98 bits per heavy atom. The molecule has 0 saturated carbocycles. The molecule has 1 saturated heterocycles. The van der Waals surface area contributed by atoms with E-state index in [1.165, 1.54) is 47.0 Å². The van der Waals surface area contributed by atoms with Gasteiger partial charge >= 0.3 is 59.1 Å². The number of aromatic nitrogens is 4. The first-order valence-corrected chi connectivity index (χ1v) is 19.8. The molecular weight excluding hydrogens is 811 g/mol. The van der Waals surface area contributed by atoms with Crippen LogP contribution in [-0.2, 0) is 32.0 Å². The molecule has 21 heteroatoms. The molecule has 3 N–H and O–H groups in total. The molecule has 0 radical (unpaired) electrons. The molecule has 17 nitrogen and oxygen atoms in total. The fourth-order valence-corrected chi connectivity index (χ4v) is 8.05. The van der Waals surface area contributed by atoms with Crippen molar-refractivity contribution in [2.45, 2.75) is 16.7 Å². The van der Waals surface area contributed by atoms with Gasteiger partial charge in [0.05, 0.1) is 51.1 Å². The molecule has 58 heavy (non-hydrogen) atoms. The molecular formula is C37H30N8Na2O9S2. The topological polar surface area (TPSA) is 241 Å². The first kappa shape index (κ1) is 43.3. The van der Waals surface area contributed by atoms with E-state index in [2.05, 4.69) is 30.9 Å². The average molecular weight is 841 g/mol. The number of nitrogens with zero attached hydrogens (tertiary/aromatic N) is 5. The molecule has 2 aromatic heterocycles. The second-order valence-corrected chi connectivity index (χ2v) is 15.8. The summed E-state index contributed by atoms with van der Waals surface area (Å²) in [6, 6.07) is 19.3. The Balaban J connectivity index is 0.00000283. The van der Waals surface area contributed by atoms with Crippen molar-refractivity contribution in [3.8, 4) is 11.1 Å². The Bertz CT molecular complexity index is 2930. The molecule has 1 aliphatic heterocycles. The Morgan fingerprint density at radius 1 is 0.690 bits per heavy atom. The van der Waals surface area contributed by atoms with Crippen LogP contribution in [0.2, 0.25) is 0 Å². The van der Waals surface area contributed by atoms with Gasteiger partial charge in [0, 0.05) is 42.8 Å². The molecule has 0 spiro atoms. The monoisotopic (exact) mass is 840 g/mol. The SMILES string of the molecule is Cc1ccc(S(=O)(=O)[O-])c(Nc2nc(Nc3ccc(S(=O)(=O)[O-])c(Nc4ccc5c6c(cc(=O)n5C)-c5ccccc5C(=O)c46)c3)nc(N3CCOCC3)n2)c1.[Na+].[Na+]. The number of hydrogen-bond acceptors (Lipinski definition) is 16. The molecule has 0 bridgehead atoms. The van der Waals surface area contributed by atoms with Gasteiger partial charge in [-0.3, -0.25) is 9.59 Å². The molecule has 2 aliphatic rings. The maximum atomic E-state index is 14.1. The van der Waals surface area contributed by atoms with Crippen molar-refractivity contribution >= 4 is 77.5 Å². The van der Waals surface area contributed by atoms with Gasteiger partial charge in [-0.25, -0.2) is 16.8 Å². The fraction of sp³-hybridized carbons (Fsp3) is 0.162. The number of carbonyl (C=O) groups is 1. The van der Waals surface area contributed by atoms with Crippen molar-refractivity contribution in [3.05, 3.63) is 106 Å². The first-order valence-electron chi connectivity index (χ1n) is 17.0. The summed E-state index contributed by atoms with van der Waals surface area (Å²) in [5.41, 5.74) is 2.63. The normalized spacial score (nSPS) is 13.6. The van der Waals surface area contributed by atoms with Gasteiger partial charge in [-0.05, 0) is 66.1 Å². The smallest absolute Gasteiger partial charge is 0.744 e. The van der Waals surface area contributed by atoms with Crippen LogP contribution in [0.1, 0.15) is 21.5 Å². The van der Waals surface area contributed by atoms with E-state index in [1.54, 1.807) is 44.3 Å². The summed E-state index contributed by atoms with van der Waals surface area (Å²) in [5, 5.41) is 9.31. The van der Waals surface area contributed by atoms with Crippen molar-refractivity contribution in [2.24, 2.45) is 7.05 Å². The predicted molar refractivity (Wildman–Crippen MR) is 204 cm³/mol. The number of anilines is 7. The molecule has 0 unspecified atom stereocenters. The quantitative estimate of drug-likeness (QED) is 0.107. The third-order valence-electron chi connectivity index (χ3n) is 9.44. The second-order valence-electron chi connectivity index (χ2n) is 13.1. The van der Waals surface area contributed by atoms with Crippen molar-refractivity contribution in [1.82, 2.24) is 19.5 Å². The van der Waals surface area contributed by atoms with Crippen molar-refractivity contribution in [2.75, 3.05) is 47.2 Å². The van der Waals surface area contributed by atoms with Crippen LogP contribution in [0.15, 0.2) is 93.4 Å². The van der Waals surface area contributed by atoms with E-state index in [0.717, 1.165) is 6.07 Å². The van der Waals surface area contributed by atoms with Gasteiger partial charge in [0.15, 0.2) is 5.78 Å². The van der Waals surface area contributed by atoms with E-state index < -0.39 is 30.0 Å². The summed E-state index contributed by atoms with van der Waals surface area (Å²) < 4.78 is 80.8. The van der Waals surface area contributed by atoms with E-state index in [1.807, 2.05) is 4.90 Å². The van der Waals surface area contributed by atoms with Gasteiger partial charge < -0.3 is 39.3 Å². The predicted octanol–water partition coefficient (Wildman–Crippen LogP) is -1.87. The zero-order valence-electron chi connectivity index (χ0n) is 31.6. The number of pyridine rings is 1. The Kier molecular flexibility index (Phi) is 12.5. The third-order valence-corrected chi connectivity index (χ3v) is 11.2. The Hall–Kier alpha value is -4.25. The Labute approximate surface area is 376 Å². The minimum absolute atomic E-state index is 0. The number of aryl methyl sites for hydroxylation is 2. The van der Waals surface area contributed by atoms with Crippen LogP contribution < -0.4 is 85.5 Å². The van der Waals surface area contributed by atoms with E-state index >= 15 is 0 Å². The van der Waals surface area contributed by atoms with Crippen molar-refractivity contribution in [1.29, 1.82) is 0 Å². The summed E-state index contributed by atoms with van der Waals surface area (Å²) >= 11 is 0. The molecule has 1 aliphatic carbocycles. The zero-order chi connectivity index (χ0) is 39.5. The molecule has 286 valence electrons. The fourth-order valence-electron chi connectivity index (χ4n) is 6.82. The van der Waals surface area contributed by atoms with Gasteiger partial charge in [0.25, 0.3) is 5.56 Å². The van der Waals surface area contributed by atoms with Gasteiger partial charge in [0.1, 0.15) is 20.2 Å². The van der Waals surface area contributed by atoms with Crippen molar-refractivity contribution in [3.63, 3.8) is 0 Å². The molecule has 4 aromatic carbocycles. The summed E-state index contributed by atoms with van der Waals surface area (Å²) in [6.07, 6.45) is 0. The van der Waals surface area contributed by atoms with Gasteiger partial charge in [-0.2, -0.15) is 15.0 Å². The summed E-state index contributed by atoms with van der Waals surface area (Å²) in [7, 11) is -8.38. The number of nitrogens with one attached hydrogen (secondary N) is 3. The van der Waals surface area contributed by atoms with Crippen LogP contribution in [-0.4, -0.2) is 77.5 Å².